The molecule has 7 heteroatoms. The fourth-order valence-electron chi connectivity index (χ4n) is 6.52. The standard InChI is InChI=1S/C25H34N3O4/c1-17-4-3-9-25(2)15-23-20(14-22(17)25)21(24(29)32-23)16-26-10-12-27(13-11-26)18-5-7-19(8-6-18)28(30)31/h5-8,14,17,20-21,23,30H,3-4,9-13,15-16H2,1-2H3/q-1. The Morgan fingerprint density at radius 2 is 1.94 bits per heavy atom. The van der Waals surface area contributed by atoms with Crippen molar-refractivity contribution in [2.75, 3.05) is 42.9 Å². The summed E-state index contributed by atoms with van der Waals surface area (Å²) in [5.41, 5.74) is 3.04. The first-order chi connectivity index (χ1) is 15.3. The van der Waals surface area contributed by atoms with Crippen LogP contribution in [0.4, 0.5) is 11.4 Å². The Bertz CT molecular complexity index is 878. The molecule has 3 fully saturated rings. The molecule has 0 radical (unpaired) electrons. The Labute approximate surface area is 190 Å². The van der Waals surface area contributed by atoms with Gasteiger partial charge in [0.05, 0.1) is 11.6 Å². The summed E-state index contributed by atoms with van der Waals surface area (Å²) >= 11 is 0. The molecule has 0 amide bonds. The van der Waals surface area contributed by atoms with Gasteiger partial charge >= 0.3 is 5.97 Å². The van der Waals surface area contributed by atoms with Gasteiger partial charge in [-0.2, -0.15) is 0 Å². The van der Waals surface area contributed by atoms with Gasteiger partial charge in [0, 0.05) is 44.3 Å². The number of fused-ring (bicyclic) bond motifs is 2. The molecule has 5 atom stereocenters. The summed E-state index contributed by atoms with van der Waals surface area (Å²) < 4.78 is 5.92. The molecule has 7 nitrogen and oxygen atoms in total. The van der Waals surface area contributed by atoms with Crippen LogP contribution in [0.3, 0.4) is 0 Å². The average molecular weight is 441 g/mol. The molecule has 2 saturated heterocycles. The Hall–Kier alpha value is -2.09. The highest BCUT2D eigenvalue weighted by molar-refractivity contribution is 5.76. The number of anilines is 2. The van der Waals surface area contributed by atoms with Crippen LogP contribution >= 0.6 is 0 Å². The quantitative estimate of drug-likeness (QED) is 0.433. The predicted octanol–water partition coefficient (Wildman–Crippen LogP) is 3.82. The zero-order chi connectivity index (χ0) is 22.5. The molecular formula is C25H34N3O4-. The molecule has 2 heterocycles. The van der Waals surface area contributed by atoms with Crippen molar-refractivity contribution >= 4 is 17.3 Å². The average Bonchev–Trinajstić information content (AvgIpc) is 3.06. The molecule has 0 bridgehead atoms. The largest absolute Gasteiger partial charge is 0.733 e. The second kappa shape index (κ2) is 8.36. The number of benzene rings is 1. The van der Waals surface area contributed by atoms with E-state index in [9.17, 15) is 10.0 Å². The molecule has 5 unspecified atom stereocenters. The summed E-state index contributed by atoms with van der Waals surface area (Å²) in [4.78, 5) is 17.5. The number of nitrogens with zero attached hydrogens (tertiary/aromatic N) is 3. The number of piperazine rings is 1. The minimum atomic E-state index is -0.118. The predicted molar refractivity (Wildman–Crippen MR) is 123 cm³/mol. The van der Waals surface area contributed by atoms with Gasteiger partial charge < -0.3 is 20.1 Å². The molecule has 1 saturated carbocycles. The van der Waals surface area contributed by atoms with Crippen molar-refractivity contribution in [1.82, 2.24) is 4.90 Å². The highest BCUT2D eigenvalue weighted by Crippen LogP contribution is 2.54. The number of hydrogen-bond donors (Lipinski definition) is 1. The maximum absolute atomic E-state index is 12.8. The fourth-order valence-corrected chi connectivity index (χ4v) is 6.52. The molecule has 5 rings (SSSR count). The lowest BCUT2D eigenvalue weighted by atomic mass is 9.59. The van der Waals surface area contributed by atoms with E-state index in [-0.39, 0.29) is 40.2 Å². The van der Waals surface area contributed by atoms with Gasteiger partial charge in [0.2, 0.25) is 0 Å². The second-order valence-corrected chi connectivity index (χ2v) is 10.4. The summed E-state index contributed by atoms with van der Waals surface area (Å²) in [7, 11) is 0. The van der Waals surface area contributed by atoms with Crippen molar-refractivity contribution in [3.8, 4) is 0 Å². The van der Waals surface area contributed by atoms with Crippen LogP contribution in [-0.2, 0) is 9.53 Å². The third-order valence-electron chi connectivity index (χ3n) is 8.34. The van der Waals surface area contributed by atoms with E-state index in [1.165, 1.54) is 19.3 Å². The lowest BCUT2D eigenvalue weighted by Crippen LogP contribution is -2.49. The van der Waals surface area contributed by atoms with Gasteiger partial charge in [-0.05, 0) is 54.9 Å². The van der Waals surface area contributed by atoms with E-state index in [1.807, 2.05) is 12.1 Å². The highest BCUT2D eigenvalue weighted by Gasteiger charge is 2.52. The highest BCUT2D eigenvalue weighted by atomic mass is 16.8. The summed E-state index contributed by atoms with van der Waals surface area (Å²) in [5.74, 6) is 0.742. The first kappa shape index (κ1) is 21.7. The Kier molecular flexibility index (Phi) is 5.68. The first-order valence-corrected chi connectivity index (χ1v) is 12.0. The molecule has 1 N–H and O–H groups in total. The van der Waals surface area contributed by atoms with Gasteiger partial charge in [-0.15, -0.1) is 0 Å². The van der Waals surface area contributed by atoms with Crippen molar-refractivity contribution < 1.29 is 14.7 Å². The van der Waals surface area contributed by atoms with Crippen LogP contribution in [0.25, 0.3) is 0 Å². The molecule has 32 heavy (non-hydrogen) atoms. The van der Waals surface area contributed by atoms with Crippen LogP contribution in [0.2, 0.25) is 0 Å². The smallest absolute Gasteiger partial charge is 0.311 e. The van der Waals surface area contributed by atoms with Gasteiger partial charge in [-0.3, -0.25) is 14.9 Å². The molecule has 2 aliphatic heterocycles. The number of hydrogen-bond acceptors (Lipinski definition) is 7. The molecule has 174 valence electrons. The minimum absolute atomic E-state index is 0.0176. The van der Waals surface area contributed by atoms with Gasteiger partial charge in [0.1, 0.15) is 6.10 Å². The molecular weight excluding hydrogens is 406 g/mol. The lowest BCUT2D eigenvalue weighted by Gasteiger charge is -2.46. The second-order valence-electron chi connectivity index (χ2n) is 10.4. The topological polar surface area (TPSA) is 79.3 Å². The van der Waals surface area contributed by atoms with E-state index in [4.69, 9.17) is 9.94 Å². The zero-order valence-electron chi connectivity index (χ0n) is 19.1. The van der Waals surface area contributed by atoms with Gasteiger partial charge in [0.15, 0.2) is 0 Å². The lowest BCUT2D eigenvalue weighted by molar-refractivity contribution is -0.145. The van der Waals surface area contributed by atoms with Crippen molar-refractivity contribution in [2.45, 2.75) is 45.6 Å². The van der Waals surface area contributed by atoms with Gasteiger partial charge in [-0.25, -0.2) is 0 Å². The van der Waals surface area contributed by atoms with Crippen LogP contribution in [0.5, 0.6) is 0 Å². The number of rotatable bonds is 4. The summed E-state index contributed by atoms with van der Waals surface area (Å²) in [6.45, 7) is 8.99. The third-order valence-corrected chi connectivity index (χ3v) is 8.34. The summed E-state index contributed by atoms with van der Waals surface area (Å²) in [6.07, 6.45) is 7.19. The molecule has 1 aromatic rings. The van der Waals surface area contributed by atoms with E-state index in [0.717, 1.165) is 44.8 Å². The summed E-state index contributed by atoms with van der Waals surface area (Å²) in [6, 6.07) is 6.98. The zero-order valence-corrected chi connectivity index (χ0v) is 19.1. The maximum Gasteiger partial charge on any atom is 0.311 e. The number of carbonyl (C=O) groups excluding carboxylic acids is 1. The number of allylic oxidation sites excluding steroid dienone is 1. The Balaban J connectivity index is 1.23. The first-order valence-electron chi connectivity index (χ1n) is 12.0. The Morgan fingerprint density at radius 3 is 2.62 bits per heavy atom. The van der Waals surface area contributed by atoms with Crippen molar-refractivity contribution in [3.05, 3.63) is 41.1 Å². The van der Waals surface area contributed by atoms with Crippen molar-refractivity contribution in [2.24, 2.45) is 23.2 Å². The van der Waals surface area contributed by atoms with Crippen LogP contribution in [0.1, 0.15) is 39.5 Å². The Morgan fingerprint density at radius 1 is 1.22 bits per heavy atom. The maximum atomic E-state index is 12.8. The normalized spacial score (nSPS) is 35.1. The monoisotopic (exact) mass is 440 g/mol. The van der Waals surface area contributed by atoms with Crippen LogP contribution in [0, 0.1) is 28.4 Å². The van der Waals surface area contributed by atoms with Crippen molar-refractivity contribution in [3.63, 3.8) is 0 Å². The van der Waals surface area contributed by atoms with E-state index in [1.54, 1.807) is 17.7 Å². The van der Waals surface area contributed by atoms with E-state index in [0.29, 0.717) is 5.92 Å². The van der Waals surface area contributed by atoms with Crippen LogP contribution in [0.15, 0.2) is 35.9 Å². The molecule has 0 spiro atoms. The summed E-state index contributed by atoms with van der Waals surface area (Å²) in [5, 5.41) is 19.9. The third kappa shape index (κ3) is 3.91. The van der Waals surface area contributed by atoms with E-state index >= 15 is 0 Å². The SMILES string of the molecule is CC1CCCC2(C)CC3OC(=O)C(CN4CCN(c5ccc(N([O-])O)cc5)CC4)C3C=C12. The van der Waals surface area contributed by atoms with Crippen LogP contribution in [-0.4, -0.2) is 54.9 Å². The number of carbonyl (C=O) groups is 1. The molecule has 0 aromatic heterocycles. The van der Waals surface area contributed by atoms with Gasteiger partial charge in [0.25, 0.3) is 0 Å². The molecule has 1 aromatic carbocycles. The van der Waals surface area contributed by atoms with Crippen molar-refractivity contribution in [1.29, 1.82) is 0 Å². The van der Waals surface area contributed by atoms with Crippen LogP contribution < -0.4 is 10.1 Å². The van der Waals surface area contributed by atoms with E-state index in [2.05, 4.69) is 29.7 Å². The molecule has 2 aliphatic carbocycles. The molecule has 4 aliphatic rings. The van der Waals surface area contributed by atoms with Gasteiger partial charge in [-0.1, -0.05) is 31.9 Å². The van der Waals surface area contributed by atoms with E-state index < -0.39 is 0 Å². The number of ether oxygens (including phenoxy) is 1. The number of esters is 1. The fraction of sp³-hybridized carbons (Fsp3) is 0.640. The minimum Gasteiger partial charge on any atom is -0.733 e.